The number of rotatable bonds is 6. The van der Waals surface area contributed by atoms with E-state index < -0.39 is 0 Å². The van der Waals surface area contributed by atoms with Gasteiger partial charge in [0.05, 0.1) is 18.2 Å². The van der Waals surface area contributed by atoms with Crippen molar-refractivity contribution in [3.05, 3.63) is 58.9 Å². The molecule has 0 radical (unpaired) electrons. The summed E-state index contributed by atoms with van der Waals surface area (Å²) in [5.74, 6) is -0.210. The minimum Gasteiger partial charge on any atom is -0.311 e. The maximum absolute atomic E-state index is 12.9. The fourth-order valence-electron chi connectivity index (χ4n) is 2.11. The van der Waals surface area contributed by atoms with Crippen LogP contribution >= 0.6 is 23.4 Å². The van der Waals surface area contributed by atoms with Crippen LogP contribution in [0.15, 0.2) is 47.4 Å². The number of amides is 1. The number of nitriles is 1. The summed E-state index contributed by atoms with van der Waals surface area (Å²) < 4.78 is 12.9. The fourth-order valence-corrected chi connectivity index (χ4v) is 3.00. The Morgan fingerprint density at radius 1 is 1.29 bits per heavy atom. The van der Waals surface area contributed by atoms with Gasteiger partial charge in [0.25, 0.3) is 0 Å². The zero-order valence-corrected chi connectivity index (χ0v) is 14.7. The van der Waals surface area contributed by atoms with Gasteiger partial charge in [0.1, 0.15) is 5.82 Å². The molecule has 0 spiro atoms. The molecule has 2 aromatic rings. The first-order chi connectivity index (χ1) is 11.5. The van der Waals surface area contributed by atoms with Crippen molar-refractivity contribution in [1.29, 1.82) is 5.26 Å². The third kappa shape index (κ3) is 4.98. The van der Waals surface area contributed by atoms with Crippen molar-refractivity contribution in [1.82, 2.24) is 0 Å². The van der Waals surface area contributed by atoms with Gasteiger partial charge in [-0.2, -0.15) is 5.26 Å². The third-order valence-corrected chi connectivity index (χ3v) is 4.80. The number of carbonyl (C=O) groups excluding carboxylic acids is 1. The van der Waals surface area contributed by atoms with E-state index in [-0.39, 0.29) is 23.9 Å². The van der Waals surface area contributed by atoms with Crippen LogP contribution in [0.2, 0.25) is 5.02 Å². The van der Waals surface area contributed by atoms with Gasteiger partial charge in [-0.15, -0.1) is 11.8 Å². The summed E-state index contributed by atoms with van der Waals surface area (Å²) in [7, 11) is 0. The highest BCUT2D eigenvalue weighted by Crippen LogP contribution is 2.25. The molecule has 24 heavy (non-hydrogen) atoms. The SMILES string of the molecule is Cc1cc(N(CCC#N)C(=O)CSc2ccc(F)cc2)ccc1Cl. The highest BCUT2D eigenvalue weighted by Gasteiger charge is 2.16. The molecule has 0 N–H and O–H groups in total. The van der Waals surface area contributed by atoms with Gasteiger partial charge >= 0.3 is 0 Å². The van der Waals surface area contributed by atoms with Gasteiger partial charge in [-0.1, -0.05) is 11.6 Å². The largest absolute Gasteiger partial charge is 0.311 e. The molecule has 0 aliphatic carbocycles. The molecule has 2 aromatic carbocycles. The van der Waals surface area contributed by atoms with E-state index in [0.717, 1.165) is 16.1 Å². The van der Waals surface area contributed by atoms with E-state index >= 15 is 0 Å². The van der Waals surface area contributed by atoms with Crippen LogP contribution in [0.3, 0.4) is 0 Å². The molecule has 0 aromatic heterocycles. The Labute approximate surface area is 150 Å². The molecule has 1 amide bonds. The van der Waals surface area contributed by atoms with E-state index in [2.05, 4.69) is 6.07 Å². The first-order valence-corrected chi connectivity index (χ1v) is 8.69. The first kappa shape index (κ1) is 18.3. The van der Waals surface area contributed by atoms with Crippen molar-refractivity contribution < 1.29 is 9.18 Å². The summed E-state index contributed by atoms with van der Waals surface area (Å²) in [6, 6.07) is 13.4. The number of halogens is 2. The number of benzene rings is 2. The predicted molar refractivity (Wildman–Crippen MR) is 95.9 cm³/mol. The average molecular weight is 363 g/mol. The summed E-state index contributed by atoms with van der Waals surface area (Å²) in [6.07, 6.45) is 0.245. The zero-order chi connectivity index (χ0) is 17.5. The molecule has 0 atom stereocenters. The van der Waals surface area contributed by atoms with E-state index in [1.807, 2.05) is 13.0 Å². The molecule has 0 aliphatic heterocycles. The second kappa shape index (κ2) is 8.72. The molecule has 0 bridgehead atoms. The number of aryl methyl sites for hydroxylation is 1. The molecule has 6 heteroatoms. The van der Waals surface area contributed by atoms with Crippen LogP contribution < -0.4 is 4.90 Å². The Balaban J connectivity index is 2.11. The highest BCUT2D eigenvalue weighted by molar-refractivity contribution is 8.00. The van der Waals surface area contributed by atoms with Gasteiger partial charge in [0.15, 0.2) is 0 Å². The Morgan fingerprint density at radius 3 is 2.62 bits per heavy atom. The number of nitrogens with zero attached hydrogens (tertiary/aromatic N) is 2. The highest BCUT2D eigenvalue weighted by atomic mass is 35.5. The van der Waals surface area contributed by atoms with E-state index in [4.69, 9.17) is 16.9 Å². The van der Waals surface area contributed by atoms with Crippen molar-refractivity contribution in [2.45, 2.75) is 18.2 Å². The summed E-state index contributed by atoms with van der Waals surface area (Å²) in [6.45, 7) is 2.19. The van der Waals surface area contributed by atoms with E-state index in [0.29, 0.717) is 11.6 Å². The fraction of sp³-hybridized carbons (Fsp3) is 0.222. The minimum atomic E-state index is -0.307. The van der Waals surface area contributed by atoms with Crippen LogP contribution in [-0.4, -0.2) is 18.2 Å². The first-order valence-electron chi connectivity index (χ1n) is 7.33. The number of anilines is 1. The minimum absolute atomic E-state index is 0.110. The number of thioether (sulfide) groups is 1. The Bertz CT molecular complexity index is 759. The van der Waals surface area contributed by atoms with Crippen LogP contribution in [0.1, 0.15) is 12.0 Å². The molecular formula is C18H16ClFN2OS. The topological polar surface area (TPSA) is 44.1 Å². The number of carbonyl (C=O) groups is 1. The smallest absolute Gasteiger partial charge is 0.237 e. The quantitative estimate of drug-likeness (QED) is 0.691. The van der Waals surface area contributed by atoms with Crippen molar-refractivity contribution in [3.8, 4) is 6.07 Å². The Kier molecular flexibility index (Phi) is 6.65. The molecule has 0 unspecified atom stereocenters. The maximum atomic E-state index is 12.9. The zero-order valence-electron chi connectivity index (χ0n) is 13.1. The second-order valence-electron chi connectivity index (χ2n) is 5.13. The molecule has 0 heterocycles. The molecular weight excluding hydrogens is 347 g/mol. The lowest BCUT2D eigenvalue weighted by molar-refractivity contribution is -0.116. The molecule has 3 nitrogen and oxygen atoms in total. The van der Waals surface area contributed by atoms with Crippen LogP contribution in [0, 0.1) is 24.1 Å². The summed E-state index contributed by atoms with van der Waals surface area (Å²) in [5, 5.41) is 9.46. The Hall–Kier alpha value is -2.03. The lowest BCUT2D eigenvalue weighted by Crippen LogP contribution is -2.33. The van der Waals surface area contributed by atoms with Gasteiger partial charge < -0.3 is 4.90 Å². The van der Waals surface area contributed by atoms with E-state index in [1.54, 1.807) is 29.2 Å². The van der Waals surface area contributed by atoms with Gasteiger partial charge in [-0.05, 0) is 55.0 Å². The van der Waals surface area contributed by atoms with Crippen LogP contribution in [0.5, 0.6) is 0 Å². The van der Waals surface area contributed by atoms with E-state index in [1.165, 1.54) is 23.9 Å². The number of hydrogen-bond acceptors (Lipinski definition) is 3. The second-order valence-corrected chi connectivity index (χ2v) is 6.59. The van der Waals surface area contributed by atoms with Crippen molar-refractivity contribution in [2.24, 2.45) is 0 Å². The van der Waals surface area contributed by atoms with Gasteiger partial charge in [-0.25, -0.2) is 4.39 Å². The van der Waals surface area contributed by atoms with Gasteiger partial charge in [0, 0.05) is 22.2 Å². The average Bonchev–Trinajstić information content (AvgIpc) is 2.57. The van der Waals surface area contributed by atoms with Gasteiger partial charge in [-0.3, -0.25) is 4.79 Å². The summed E-state index contributed by atoms with van der Waals surface area (Å²) >= 11 is 7.37. The molecule has 0 saturated carbocycles. The molecule has 0 aliphatic rings. The maximum Gasteiger partial charge on any atom is 0.237 e. The number of hydrogen-bond donors (Lipinski definition) is 0. The standard InChI is InChI=1S/C18H16ClFN2OS/c1-13-11-15(5-8-17(13)19)22(10-2-9-21)18(23)12-24-16-6-3-14(20)4-7-16/h3-8,11H,2,10,12H2,1H3. The van der Waals surface area contributed by atoms with Crippen LogP contribution in [-0.2, 0) is 4.79 Å². The third-order valence-electron chi connectivity index (χ3n) is 3.38. The summed E-state index contributed by atoms with van der Waals surface area (Å²) in [5.41, 5.74) is 1.59. The van der Waals surface area contributed by atoms with Crippen LogP contribution in [0.25, 0.3) is 0 Å². The lowest BCUT2D eigenvalue weighted by atomic mass is 10.2. The lowest BCUT2D eigenvalue weighted by Gasteiger charge is -2.22. The molecule has 2 rings (SSSR count). The molecule has 124 valence electrons. The van der Waals surface area contributed by atoms with Crippen LogP contribution in [0.4, 0.5) is 10.1 Å². The Morgan fingerprint density at radius 2 is 2.00 bits per heavy atom. The summed E-state index contributed by atoms with van der Waals surface area (Å²) in [4.78, 5) is 15.0. The molecule has 0 saturated heterocycles. The monoisotopic (exact) mass is 362 g/mol. The predicted octanol–water partition coefficient (Wildman–Crippen LogP) is 4.83. The van der Waals surface area contributed by atoms with E-state index in [9.17, 15) is 9.18 Å². The normalized spacial score (nSPS) is 10.2. The van der Waals surface area contributed by atoms with Crippen molar-refractivity contribution in [3.63, 3.8) is 0 Å². The van der Waals surface area contributed by atoms with Gasteiger partial charge in [0.2, 0.25) is 5.91 Å². The van der Waals surface area contributed by atoms with Crippen molar-refractivity contribution >= 4 is 35.0 Å². The molecule has 0 fully saturated rings. The van der Waals surface area contributed by atoms with Crippen molar-refractivity contribution in [2.75, 3.05) is 17.2 Å².